The Morgan fingerprint density at radius 2 is 0.290 bits per heavy atom. The van der Waals surface area contributed by atoms with Crippen molar-refractivity contribution in [3.63, 3.8) is 0 Å². The van der Waals surface area contributed by atoms with Crippen molar-refractivity contribution in [1.82, 2.24) is 12.3 Å². The van der Waals surface area contributed by atoms with E-state index in [0.717, 1.165) is 0 Å². The molecule has 22 nitrogen and oxygen atoms in total. The zero-order valence-corrected chi connectivity index (χ0v) is 20.9. The van der Waals surface area contributed by atoms with Crippen LogP contribution in [0.2, 0.25) is 0 Å². The molecule has 0 aliphatic carbocycles. The number of rotatable bonds is 0. The Labute approximate surface area is 176 Å². The van der Waals surface area contributed by atoms with E-state index in [1.54, 1.807) is 0 Å². The Bertz CT molecular complexity index is 392. The van der Waals surface area contributed by atoms with Gasteiger partial charge in [-0.1, -0.05) is 27.7 Å². The highest BCUT2D eigenvalue weighted by atomic mass is 31.2. The van der Waals surface area contributed by atoms with Crippen molar-refractivity contribution in [3.05, 3.63) is 0 Å². The van der Waals surface area contributed by atoms with Gasteiger partial charge in [0.15, 0.2) is 0 Å². The zero-order valence-electron chi connectivity index (χ0n) is 16.4. The van der Waals surface area contributed by atoms with Gasteiger partial charge in [-0.2, -0.15) is 0 Å². The average molecular weight is 584 g/mol. The summed E-state index contributed by atoms with van der Waals surface area (Å²) in [6.07, 6.45) is 0. The molecule has 31 heavy (non-hydrogen) atoms. The third-order valence-electron chi connectivity index (χ3n) is 0. The van der Waals surface area contributed by atoms with Crippen LogP contribution in [0.5, 0.6) is 0 Å². The lowest BCUT2D eigenvalue weighted by molar-refractivity contribution is 0.272. The molecule has 0 aromatic heterocycles. The van der Waals surface area contributed by atoms with Crippen LogP contribution in [0.25, 0.3) is 0 Å². The fourth-order valence-corrected chi connectivity index (χ4v) is 0. The zero-order chi connectivity index (χ0) is 26.5. The lowest BCUT2D eigenvalue weighted by atomic mass is 11.0. The Hall–Kier alpha value is 0.470. The summed E-state index contributed by atoms with van der Waals surface area (Å²) >= 11 is 0. The van der Waals surface area contributed by atoms with Gasteiger partial charge in [-0.25, -0.2) is 22.8 Å². The van der Waals surface area contributed by atoms with Crippen LogP contribution in [0.4, 0.5) is 0 Å². The number of hydrogen-bond donors (Lipinski definition) is 17. The topological polar surface area (TPSA) is 459 Å². The van der Waals surface area contributed by atoms with Gasteiger partial charge < -0.3 is 85.7 Å². The van der Waals surface area contributed by atoms with Crippen LogP contribution in [0.15, 0.2) is 0 Å². The highest BCUT2D eigenvalue weighted by Gasteiger charge is 2.01. The lowest BCUT2D eigenvalue weighted by Crippen LogP contribution is -1.66. The van der Waals surface area contributed by atoms with Crippen molar-refractivity contribution in [3.8, 4) is 0 Å². The van der Waals surface area contributed by atoms with Gasteiger partial charge in [-0.3, -0.25) is 0 Å². The third-order valence-corrected chi connectivity index (χ3v) is 0. The van der Waals surface area contributed by atoms with E-state index in [1.165, 1.54) is 0 Å². The fourth-order valence-electron chi connectivity index (χ4n) is 0. The van der Waals surface area contributed by atoms with E-state index in [0.29, 0.717) is 0 Å². The van der Waals surface area contributed by atoms with Gasteiger partial charge in [0.2, 0.25) is 0 Å². The molecule has 0 unspecified atom stereocenters. The average Bonchev–Trinajstić information content (AvgIpc) is 2.21. The first-order valence-corrected chi connectivity index (χ1v) is 13.7. The molecule has 0 saturated carbocycles. The molecule has 0 amide bonds. The normalized spacial score (nSPS) is 9.90. The SMILES string of the molecule is CC.CC.N.N.O=P(O)(O)O.O=P(O)(O)O.O=P(O)(O)O.O=P(O)(O)O.O=P(O)(O)O. The first-order valence-electron chi connectivity index (χ1n) is 5.91. The van der Waals surface area contributed by atoms with Crippen LogP contribution in [-0.4, -0.2) is 73.4 Å². The lowest BCUT2D eigenvalue weighted by Gasteiger charge is -1.82. The second-order valence-corrected chi connectivity index (χ2v) is 7.70. The fraction of sp³-hybridized carbons (Fsp3) is 1.00. The molecule has 0 fully saturated rings. The van der Waals surface area contributed by atoms with Gasteiger partial charge in [0.05, 0.1) is 0 Å². The molecule has 21 N–H and O–H groups in total. The van der Waals surface area contributed by atoms with Crippen LogP contribution >= 0.6 is 39.1 Å². The van der Waals surface area contributed by atoms with Crippen LogP contribution in [0, 0.1) is 0 Å². The molecular weight excluding hydrogens is 551 g/mol. The Morgan fingerprint density at radius 1 is 0.290 bits per heavy atom. The first kappa shape index (κ1) is 57.9. The second kappa shape index (κ2) is 28.5. The molecular formula is C4H33N2O20P5. The van der Waals surface area contributed by atoms with E-state index in [9.17, 15) is 0 Å². The second-order valence-electron chi connectivity index (χ2n) is 2.57. The van der Waals surface area contributed by atoms with Gasteiger partial charge in [-0.05, 0) is 0 Å². The molecule has 0 radical (unpaired) electrons. The maximum atomic E-state index is 8.88. The van der Waals surface area contributed by atoms with Crippen molar-refractivity contribution in [2.24, 2.45) is 0 Å². The number of phosphoric acid groups is 5. The highest BCUT2D eigenvalue weighted by Crippen LogP contribution is 2.27. The Balaban J connectivity index is -0.0000000263. The summed E-state index contributed by atoms with van der Waals surface area (Å²) in [4.78, 5) is 108. The standard InChI is InChI=1S/2C2H6.2H3N.5H3O4P/c2*1-2;;;5*1-5(2,3)4/h2*1-2H3;2*1H3;5*(H3,1,2,3,4). The molecule has 0 atom stereocenters. The first-order chi connectivity index (χ1) is 12.0. The maximum Gasteiger partial charge on any atom is 0.466 e. The summed E-state index contributed by atoms with van der Waals surface area (Å²) < 4.78 is 44.4. The molecule has 0 aliphatic rings. The van der Waals surface area contributed by atoms with E-state index in [1.807, 2.05) is 27.7 Å². The summed E-state index contributed by atoms with van der Waals surface area (Å²) in [5, 5.41) is 0. The van der Waals surface area contributed by atoms with E-state index in [2.05, 4.69) is 0 Å². The van der Waals surface area contributed by atoms with Gasteiger partial charge in [-0.15, -0.1) is 0 Å². The van der Waals surface area contributed by atoms with Crippen molar-refractivity contribution in [2.75, 3.05) is 0 Å². The molecule has 0 saturated heterocycles. The minimum atomic E-state index is -4.64. The van der Waals surface area contributed by atoms with Gasteiger partial charge >= 0.3 is 39.1 Å². The van der Waals surface area contributed by atoms with Crippen molar-refractivity contribution in [1.29, 1.82) is 0 Å². The molecule has 0 aromatic rings. The molecule has 0 aromatic carbocycles. The minimum Gasteiger partial charge on any atom is -0.344 e. The molecule has 0 heterocycles. The monoisotopic (exact) mass is 584 g/mol. The van der Waals surface area contributed by atoms with Gasteiger partial charge in [0, 0.05) is 0 Å². The summed E-state index contributed by atoms with van der Waals surface area (Å²) in [6.45, 7) is 8.00. The quantitative estimate of drug-likeness (QED) is 0.133. The predicted octanol–water partition coefficient (Wildman–Crippen LogP) is -2.27. The van der Waals surface area contributed by atoms with E-state index in [4.69, 9.17) is 96.2 Å². The summed E-state index contributed by atoms with van der Waals surface area (Å²) in [6, 6.07) is 0. The molecule has 27 heteroatoms. The molecule has 0 bridgehead atoms. The van der Waals surface area contributed by atoms with Crippen molar-refractivity contribution >= 4 is 39.1 Å². The summed E-state index contributed by atoms with van der Waals surface area (Å²) in [7, 11) is -23.2. The van der Waals surface area contributed by atoms with Crippen molar-refractivity contribution < 1.29 is 96.2 Å². The molecule has 0 rings (SSSR count). The Kier molecular flexibility index (Phi) is 53.2. The van der Waals surface area contributed by atoms with E-state index < -0.39 is 39.1 Å². The number of hydrogen-bond acceptors (Lipinski definition) is 7. The largest absolute Gasteiger partial charge is 0.466 e. The minimum absolute atomic E-state index is 0. The maximum absolute atomic E-state index is 8.88. The summed E-state index contributed by atoms with van der Waals surface area (Å²) in [5.41, 5.74) is 0. The third kappa shape index (κ3) is 112000. The van der Waals surface area contributed by atoms with E-state index in [-0.39, 0.29) is 12.3 Å². The molecule has 0 spiro atoms. The van der Waals surface area contributed by atoms with Crippen LogP contribution in [0.1, 0.15) is 27.7 Å². The Morgan fingerprint density at radius 3 is 0.290 bits per heavy atom. The van der Waals surface area contributed by atoms with Crippen molar-refractivity contribution in [2.45, 2.75) is 27.7 Å². The molecule has 204 valence electrons. The van der Waals surface area contributed by atoms with Crippen LogP contribution in [-0.2, 0) is 22.8 Å². The van der Waals surface area contributed by atoms with Gasteiger partial charge in [0.25, 0.3) is 0 Å². The predicted molar refractivity (Wildman–Crippen MR) is 104 cm³/mol. The smallest absolute Gasteiger partial charge is 0.344 e. The highest BCUT2D eigenvalue weighted by molar-refractivity contribution is 7.46. The van der Waals surface area contributed by atoms with Gasteiger partial charge in [0.1, 0.15) is 0 Å². The van der Waals surface area contributed by atoms with E-state index >= 15 is 0 Å². The van der Waals surface area contributed by atoms with Crippen LogP contribution in [0.3, 0.4) is 0 Å². The van der Waals surface area contributed by atoms with Crippen LogP contribution < -0.4 is 12.3 Å². The summed E-state index contributed by atoms with van der Waals surface area (Å²) in [5.74, 6) is 0. The molecule has 0 aliphatic heterocycles.